The summed E-state index contributed by atoms with van der Waals surface area (Å²) in [6.07, 6.45) is 2.20. The van der Waals surface area contributed by atoms with E-state index >= 15 is 0 Å². The van der Waals surface area contributed by atoms with Gasteiger partial charge in [-0.2, -0.15) is 0 Å². The zero-order valence-electron chi connectivity index (χ0n) is 15.8. The van der Waals surface area contributed by atoms with Gasteiger partial charge in [-0.1, -0.05) is 72.3 Å². The van der Waals surface area contributed by atoms with Crippen LogP contribution in [0.4, 0.5) is 0 Å². The highest BCUT2D eigenvalue weighted by molar-refractivity contribution is 6.30. The van der Waals surface area contributed by atoms with Crippen molar-refractivity contribution in [3.05, 3.63) is 101 Å². The first-order chi connectivity index (χ1) is 14.1. The third-order valence-electron chi connectivity index (χ3n) is 4.52. The number of rotatable bonds is 8. The molecule has 0 aliphatic heterocycles. The molecule has 3 aromatic rings. The second-order valence-corrected chi connectivity index (χ2v) is 6.99. The van der Waals surface area contributed by atoms with Gasteiger partial charge in [-0.25, -0.2) is 0 Å². The van der Waals surface area contributed by atoms with Gasteiger partial charge in [0.2, 0.25) is 5.91 Å². The number of hydrogen-bond acceptors (Lipinski definition) is 3. The molecule has 6 heteroatoms. The molecular weight excluding hydrogens is 386 g/mol. The molecule has 5 nitrogen and oxygen atoms in total. The minimum Gasteiger partial charge on any atom is -0.355 e. The first-order valence-corrected chi connectivity index (χ1v) is 9.77. The summed E-state index contributed by atoms with van der Waals surface area (Å²) in [7, 11) is 0. The summed E-state index contributed by atoms with van der Waals surface area (Å²) in [5.41, 5.74) is 2.58. The van der Waals surface area contributed by atoms with Gasteiger partial charge in [0.15, 0.2) is 0 Å². The lowest BCUT2D eigenvalue weighted by Crippen LogP contribution is -2.37. The van der Waals surface area contributed by atoms with Crippen molar-refractivity contribution in [2.45, 2.75) is 12.3 Å². The summed E-state index contributed by atoms with van der Waals surface area (Å²) >= 11 is 5.85. The fourth-order valence-corrected chi connectivity index (χ4v) is 3.25. The Balaban J connectivity index is 1.51. The predicted octanol–water partition coefficient (Wildman–Crippen LogP) is 3.80. The molecule has 29 heavy (non-hydrogen) atoms. The van der Waals surface area contributed by atoms with Crippen molar-refractivity contribution in [3.63, 3.8) is 0 Å². The summed E-state index contributed by atoms with van der Waals surface area (Å²) in [5, 5.41) is 5.85. The first kappa shape index (κ1) is 20.6. The van der Waals surface area contributed by atoms with Gasteiger partial charge in [0.05, 0.1) is 6.54 Å². The second-order valence-electron chi connectivity index (χ2n) is 6.55. The van der Waals surface area contributed by atoms with Crippen molar-refractivity contribution >= 4 is 23.4 Å². The van der Waals surface area contributed by atoms with E-state index in [0.29, 0.717) is 11.6 Å². The molecule has 1 aromatic heterocycles. The molecule has 0 fully saturated rings. The molecule has 0 saturated carbocycles. The molecule has 0 spiro atoms. The van der Waals surface area contributed by atoms with E-state index in [2.05, 4.69) is 39.9 Å². The summed E-state index contributed by atoms with van der Waals surface area (Å²) < 4.78 is 0. The lowest BCUT2D eigenvalue weighted by molar-refractivity contribution is -0.120. The van der Waals surface area contributed by atoms with E-state index < -0.39 is 5.91 Å². The van der Waals surface area contributed by atoms with Crippen molar-refractivity contribution < 1.29 is 9.59 Å². The number of benzene rings is 2. The van der Waals surface area contributed by atoms with Crippen LogP contribution in [0, 0.1) is 0 Å². The van der Waals surface area contributed by atoms with Crippen LogP contribution in [0.3, 0.4) is 0 Å². The van der Waals surface area contributed by atoms with Crippen molar-refractivity contribution in [2.75, 3.05) is 13.1 Å². The maximum absolute atomic E-state index is 12.1. The van der Waals surface area contributed by atoms with Gasteiger partial charge < -0.3 is 10.6 Å². The van der Waals surface area contributed by atoms with Crippen LogP contribution >= 0.6 is 11.6 Å². The average Bonchev–Trinajstić information content (AvgIpc) is 2.76. The summed E-state index contributed by atoms with van der Waals surface area (Å²) in [5.74, 6) is -0.502. The quantitative estimate of drug-likeness (QED) is 0.596. The third kappa shape index (κ3) is 6.16. The highest BCUT2D eigenvalue weighted by atomic mass is 35.5. The van der Waals surface area contributed by atoms with Crippen molar-refractivity contribution in [3.8, 4) is 0 Å². The standard InChI is InChI=1S/C23H22ClN3O2/c24-19-11-13-25-21(15-19)23(29)27-16-22(28)26-14-12-20(17-7-3-1-4-8-17)18-9-5-2-6-10-18/h1-11,13,15,20H,12,14,16H2,(H,26,28)(H,27,29). The number of amides is 2. The molecule has 2 aromatic carbocycles. The summed E-state index contributed by atoms with van der Waals surface area (Å²) in [6.45, 7) is 0.382. The van der Waals surface area contributed by atoms with Crippen LogP contribution in [0.5, 0.6) is 0 Å². The van der Waals surface area contributed by atoms with E-state index in [-0.39, 0.29) is 24.1 Å². The molecule has 0 aliphatic carbocycles. The average molecular weight is 408 g/mol. The number of halogens is 1. The molecule has 0 bridgehead atoms. The number of aromatic nitrogens is 1. The van der Waals surface area contributed by atoms with Crippen molar-refractivity contribution in [1.29, 1.82) is 0 Å². The maximum Gasteiger partial charge on any atom is 0.270 e. The molecule has 1 heterocycles. The first-order valence-electron chi connectivity index (χ1n) is 9.40. The van der Waals surface area contributed by atoms with Gasteiger partial charge in [0.1, 0.15) is 5.69 Å². The van der Waals surface area contributed by atoms with Crippen LogP contribution in [-0.4, -0.2) is 29.9 Å². The topological polar surface area (TPSA) is 71.1 Å². The van der Waals surface area contributed by atoms with Crippen LogP contribution in [0.15, 0.2) is 79.0 Å². The SMILES string of the molecule is O=C(CNC(=O)c1cc(Cl)ccn1)NCCC(c1ccccc1)c1ccccc1. The van der Waals surface area contributed by atoms with Gasteiger partial charge in [-0.15, -0.1) is 0 Å². The van der Waals surface area contributed by atoms with Crippen LogP contribution in [-0.2, 0) is 4.79 Å². The van der Waals surface area contributed by atoms with Gasteiger partial charge in [0.25, 0.3) is 5.91 Å². The maximum atomic E-state index is 12.1. The number of hydrogen-bond donors (Lipinski definition) is 2. The minimum atomic E-state index is -0.436. The van der Waals surface area contributed by atoms with Gasteiger partial charge in [-0.3, -0.25) is 14.6 Å². The van der Waals surface area contributed by atoms with E-state index in [4.69, 9.17) is 11.6 Å². The van der Waals surface area contributed by atoms with Gasteiger partial charge in [0, 0.05) is 23.7 Å². The number of pyridine rings is 1. The Labute approximate surface area is 175 Å². The van der Waals surface area contributed by atoms with Crippen molar-refractivity contribution in [1.82, 2.24) is 15.6 Å². The Morgan fingerprint density at radius 3 is 2.10 bits per heavy atom. The number of carbonyl (C=O) groups is 2. The van der Waals surface area contributed by atoms with E-state index in [9.17, 15) is 9.59 Å². The van der Waals surface area contributed by atoms with Gasteiger partial charge >= 0.3 is 0 Å². The minimum absolute atomic E-state index is 0.117. The smallest absolute Gasteiger partial charge is 0.270 e. The zero-order chi connectivity index (χ0) is 20.5. The van der Waals surface area contributed by atoms with E-state index in [0.717, 1.165) is 6.42 Å². The van der Waals surface area contributed by atoms with Crippen LogP contribution < -0.4 is 10.6 Å². The molecule has 0 unspecified atom stereocenters. The molecule has 148 valence electrons. The number of nitrogens with one attached hydrogen (secondary N) is 2. The molecule has 0 atom stereocenters. The Morgan fingerprint density at radius 1 is 0.897 bits per heavy atom. The second kappa shape index (κ2) is 10.4. The molecule has 2 amide bonds. The predicted molar refractivity (Wildman–Crippen MR) is 114 cm³/mol. The van der Waals surface area contributed by atoms with Crippen molar-refractivity contribution in [2.24, 2.45) is 0 Å². The molecular formula is C23H22ClN3O2. The zero-order valence-corrected chi connectivity index (χ0v) is 16.6. The monoisotopic (exact) mass is 407 g/mol. The van der Waals surface area contributed by atoms with Crippen LogP contribution in [0.2, 0.25) is 5.02 Å². The molecule has 0 saturated heterocycles. The Hall–Kier alpha value is -3.18. The van der Waals surface area contributed by atoms with E-state index in [1.165, 1.54) is 23.4 Å². The summed E-state index contributed by atoms with van der Waals surface area (Å²) in [6, 6.07) is 23.5. The fraction of sp³-hybridized carbons (Fsp3) is 0.174. The van der Waals surface area contributed by atoms with Crippen LogP contribution in [0.1, 0.15) is 34.0 Å². The van der Waals surface area contributed by atoms with E-state index in [1.54, 1.807) is 6.07 Å². The third-order valence-corrected chi connectivity index (χ3v) is 4.76. The Morgan fingerprint density at radius 2 is 1.52 bits per heavy atom. The largest absolute Gasteiger partial charge is 0.355 e. The summed E-state index contributed by atoms with van der Waals surface area (Å²) in [4.78, 5) is 28.1. The fourth-order valence-electron chi connectivity index (χ4n) is 3.09. The number of carbonyl (C=O) groups excluding carboxylic acids is 2. The Kier molecular flexibility index (Phi) is 7.36. The lowest BCUT2D eigenvalue weighted by atomic mass is 9.88. The van der Waals surface area contributed by atoms with E-state index in [1.807, 2.05) is 36.4 Å². The lowest BCUT2D eigenvalue weighted by Gasteiger charge is -2.18. The molecule has 3 rings (SSSR count). The molecule has 0 aliphatic rings. The van der Waals surface area contributed by atoms with Crippen LogP contribution in [0.25, 0.3) is 0 Å². The Bertz CT molecular complexity index is 909. The van der Waals surface area contributed by atoms with Gasteiger partial charge in [-0.05, 0) is 29.7 Å². The number of nitrogens with zero attached hydrogens (tertiary/aromatic N) is 1. The normalized spacial score (nSPS) is 10.6. The molecule has 0 radical (unpaired) electrons. The highest BCUT2D eigenvalue weighted by Crippen LogP contribution is 2.27. The molecule has 2 N–H and O–H groups in total. The highest BCUT2D eigenvalue weighted by Gasteiger charge is 2.14.